The van der Waals surface area contributed by atoms with Gasteiger partial charge < -0.3 is 14.6 Å². The van der Waals surface area contributed by atoms with Crippen LogP contribution in [-0.4, -0.2) is 79.1 Å². The molecule has 0 saturated carbocycles. The number of piperazine rings is 1. The second-order valence-electron chi connectivity index (χ2n) is 11.3. The zero-order valence-corrected chi connectivity index (χ0v) is 23.3. The number of nitrogens with zero attached hydrogens (tertiary/aromatic N) is 6. The number of benzene rings is 1. The molecule has 6 rings (SSSR count). The number of hydrogen-bond donors (Lipinski definition) is 1. The van der Waals surface area contributed by atoms with Gasteiger partial charge in [0, 0.05) is 70.0 Å². The summed E-state index contributed by atoms with van der Waals surface area (Å²) >= 11 is 0. The van der Waals surface area contributed by atoms with E-state index in [0.29, 0.717) is 60.8 Å². The predicted octanol–water partition coefficient (Wildman–Crippen LogP) is 3.16. The van der Waals surface area contributed by atoms with Crippen molar-refractivity contribution in [2.45, 2.75) is 52.5 Å². The number of rotatable bonds is 6. The van der Waals surface area contributed by atoms with Crippen LogP contribution >= 0.6 is 0 Å². The molecule has 1 atom stereocenters. The molecule has 2 aliphatic rings. The lowest BCUT2D eigenvalue weighted by Crippen LogP contribution is -2.53. The third-order valence-corrected chi connectivity index (χ3v) is 8.54. The fraction of sp³-hybridized carbons (Fsp3) is 0.517. The summed E-state index contributed by atoms with van der Waals surface area (Å²) in [6.07, 6.45) is 3.56. The third kappa shape index (κ3) is 4.92. The van der Waals surface area contributed by atoms with E-state index < -0.39 is 6.67 Å². The number of halogens is 1. The minimum atomic E-state index is -0.576. The molecule has 3 aromatic heterocycles. The van der Waals surface area contributed by atoms with Crippen molar-refractivity contribution in [2.24, 2.45) is 13.0 Å². The van der Waals surface area contributed by atoms with E-state index in [0.717, 1.165) is 48.2 Å². The molecule has 0 spiro atoms. The maximum absolute atomic E-state index is 13.9. The van der Waals surface area contributed by atoms with Crippen molar-refractivity contribution in [1.29, 1.82) is 0 Å². The van der Waals surface area contributed by atoms with E-state index in [2.05, 4.69) is 27.0 Å². The predicted molar refractivity (Wildman–Crippen MR) is 150 cm³/mol. The number of alkyl halides is 1. The monoisotopic (exact) mass is 549 g/mol. The molecule has 5 heterocycles. The van der Waals surface area contributed by atoms with Crippen LogP contribution in [-0.2, 0) is 31.5 Å². The molecule has 11 heteroatoms. The second-order valence-corrected chi connectivity index (χ2v) is 11.3. The highest BCUT2D eigenvalue weighted by Crippen LogP contribution is 2.28. The normalized spacial score (nSPS) is 19.2. The fourth-order valence-corrected chi connectivity index (χ4v) is 6.15. The molecule has 40 heavy (non-hydrogen) atoms. The highest BCUT2D eigenvalue weighted by Gasteiger charge is 2.29. The van der Waals surface area contributed by atoms with E-state index in [1.165, 1.54) is 0 Å². The number of hydrogen-bond acceptors (Lipinski definition) is 6. The topological polar surface area (TPSA) is 101 Å². The second kappa shape index (κ2) is 10.8. The summed E-state index contributed by atoms with van der Waals surface area (Å²) < 4.78 is 22.2. The van der Waals surface area contributed by atoms with Crippen LogP contribution in [0.4, 0.5) is 4.39 Å². The maximum Gasteiger partial charge on any atom is 0.259 e. The smallest absolute Gasteiger partial charge is 0.259 e. The molecular weight excluding hydrogens is 513 g/mol. The molecule has 1 N–H and O–H groups in total. The van der Waals surface area contributed by atoms with Gasteiger partial charge in [-0.2, -0.15) is 10.2 Å². The minimum absolute atomic E-state index is 0.0130. The summed E-state index contributed by atoms with van der Waals surface area (Å²) in [6.45, 7) is 8.21. The maximum atomic E-state index is 13.9. The number of aromatic nitrogens is 5. The summed E-state index contributed by atoms with van der Waals surface area (Å²) in [5.41, 5.74) is 4.18. The molecule has 212 valence electrons. The molecule has 0 bridgehead atoms. The van der Waals surface area contributed by atoms with E-state index in [-0.39, 0.29) is 17.5 Å². The molecule has 0 aliphatic carbocycles. The Balaban J connectivity index is 1.27. The first-order chi connectivity index (χ1) is 19.3. The Bertz CT molecular complexity index is 1620. The first-order valence-corrected chi connectivity index (χ1v) is 14.0. The lowest BCUT2D eigenvalue weighted by Gasteiger charge is -2.40. The van der Waals surface area contributed by atoms with Gasteiger partial charge in [0.25, 0.3) is 11.5 Å². The summed E-state index contributed by atoms with van der Waals surface area (Å²) in [5.74, 6) is 0.423. The van der Waals surface area contributed by atoms with Gasteiger partial charge in [-0.25, -0.2) is 4.39 Å². The highest BCUT2D eigenvalue weighted by molar-refractivity contribution is 6.07. The number of nitrogens with one attached hydrogen (secondary N) is 1. The van der Waals surface area contributed by atoms with E-state index in [9.17, 15) is 14.0 Å². The zero-order valence-electron chi connectivity index (χ0n) is 23.3. The van der Waals surface area contributed by atoms with Gasteiger partial charge in [-0.3, -0.25) is 23.9 Å². The molecule has 10 nitrogen and oxygen atoms in total. The lowest BCUT2D eigenvalue weighted by atomic mass is 9.99. The Hall–Kier alpha value is -3.57. The first kappa shape index (κ1) is 26.6. The van der Waals surface area contributed by atoms with Crippen LogP contribution in [0, 0.1) is 12.8 Å². The highest BCUT2D eigenvalue weighted by atomic mass is 19.1. The van der Waals surface area contributed by atoms with Gasteiger partial charge in [-0.1, -0.05) is 0 Å². The number of amides is 1. The molecule has 2 fully saturated rings. The van der Waals surface area contributed by atoms with Gasteiger partial charge >= 0.3 is 0 Å². The van der Waals surface area contributed by atoms with Gasteiger partial charge in [0.2, 0.25) is 0 Å². The lowest BCUT2D eigenvalue weighted by molar-refractivity contribution is 0.0488. The number of carbonyl (C=O) groups is 1. The average Bonchev–Trinajstić information content (AvgIpc) is 3.53. The van der Waals surface area contributed by atoms with Crippen LogP contribution in [0.15, 0.2) is 29.2 Å². The largest absolute Gasteiger partial charge is 0.381 e. The van der Waals surface area contributed by atoms with Crippen molar-refractivity contribution < 1.29 is 13.9 Å². The van der Waals surface area contributed by atoms with Gasteiger partial charge in [0.05, 0.1) is 34.0 Å². The van der Waals surface area contributed by atoms with Gasteiger partial charge in [0.1, 0.15) is 6.67 Å². The van der Waals surface area contributed by atoms with Gasteiger partial charge in [0.15, 0.2) is 0 Å². The molecular formula is C29H36FN7O3. The van der Waals surface area contributed by atoms with Crippen LogP contribution in [0.1, 0.15) is 47.1 Å². The van der Waals surface area contributed by atoms with Crippen molar-refractivity contribution in [3.63, 3.8) is 0 Å². The summed E-state index contributed by atoms with van der Waals surface area (Å²) in [4.78, 5) is 33.9. The summed E-state index contributed by atoms with van der Waals surface area (Å²) in [7, 11) is 1.83. The number of aryl methyl sites for hydroxylation is 2. The van der Waals surface area contributed by atoms with Crippen LogP contribution < -0.4 is 5.56 Å². The van der Waals surface area contributed by atoms with Crippen LogP contribution in [0.5, 0.6) is 0 Å². The van der Waals surface area contributed by atoms with Crippen molar-refractivity contribution >= 4 is 27.7 Å². The van der Waals surface area contributed by atoms with Crippen molar-refractivity contribution in [3.8, 4) is 0 Å². The van der Waals surface area contributed by atoms with Crippen molar-refractivity contribution in [3.05, 3.63) is 57.3 Å². The van der Waals surface area contributed by atoms with E-state index in [4.69, 9.17) is 4.74 Å². The molecule has 1 amide bonds. The molecule has 2 aliphatic heterocycles. The van der Waals surface area contributed by atoms with E-state index in [1.807, 2.05) is 35.7 Å². The average molecular weight is 550 g/mol. The fourth-order valence-electron chi connectivity index (χ4n) is 6.15. The number of carbonyl (C=O) groups excluding carboxylic acids is 1. The van der Waals surface area contributed by atoms with Crippen molar-refractivity contribution in [1.82, 2.24) is 34.3 Å². The van der Waals surface area contributed by atoms with Crippen LogP contribution in [0.3, 0.4) is 0 Å². The number of aromatic amines is 1. The number of ether oxygens (including phenoxy) is 1. The Kier molecular flexibility index (Phi) is 7.18. The molecule has 2 saturated heterocycles. The van der Waals surface area contributed by atoms with E-state index in [1.54, 1.807) is 16.9 Å². The summed E-state index contributed by atoms with van der Waals surface area (Å²) in [6, 6.07) is 5.77. The molecule has 4 aromatic rings. The minimum Gasteiger partial charge on any atom is -0.381 e. The quantitative estimate of drug-likeness (QED) is 0.397. The van der Waals surface area contributed by atoms with Crippen LogP contribution in [0.25, 0.3) is 21.8 Å². The zero-order chi connectivity index (χ0) is 28.0. The molecule has 0 radical (unpaired) electrons. The van der Waals surface area contributed by atoms with E-state index >= 15 is 0 Å². The Morgan fingerprint density at radius 1 is 1.18 bits per heavy atom. The number of pyridine rings is 1. The standard InChI is InChI=1S/C29H36FN7O3/c1-18-10-26-24(27-25(28(38)32-26)14-31-37(27)16-20-4-8-40-9-5-20)12-23(18)29(39)36-7-6-35(19(2)15-36)17-22-11-21(13-30)33-34(22)3/h10-12,14,19-20H,4-9,13,15-17H2,1-3H3,(H,32,38)/t19-/m0/s1. The summed E-state index contributed by atoms with van der Waals surface area (Å²) in [5, 5.41) is 10.2. The first-order valence-electron chi connectivity index (χ1n) is 14.0. The molecule has 0 unspecified atom stereocenters. The number of H-pyrrole nitrogens is 1. The Labute approximate surface area is 231 Å². The number of fused-ring (bicyclic) bond motifs is 3. The SMILES string of the molecule is Cc1cc2[nH]c(=O)c3cnn(CC4CCOCC4)c3c2cc1C(=O)N1CCN(Cc2cc(CF)nn2C)[C@@H](C)C1. The third-order valence-electron chi connectivity index (χ3n) is 8.54. The van der Waals surface area contributed by atoms with Gasteiger partial charge in [-0.05, 0) is 56.4 Å². The Morgan fingerprint density at radius 2 is 1.98 bits per heavy atom. The Morgan fingerprint density at radius 3 is 2.70 bits per heavy atom. The van der Waals surface area contributed by atoms with Gasteiger partial charge in [-0.15, -0.1) is 0 Å². The molecule has 1 aromatic carbocycles. The van der Waals surface area contributed by atoms with Crippen molar-refractivity contribution in [2.75, 3.05) is 32.8 Å². The van der Waals surface area contributed by atoms with Crippen LogP contribution in [0.2, 0.25) is 0 Å².